The highest BCUT2D eigenvalue weighted by atomic mass is 32.2. The SMILES string of the molecule is CN(C)S(=O)(=O)c1cc(CCCC(N)=O)ccn1. The van der Waals surface area contributed by atoms with Gasteiger partial charge in [-0.1, -0.05) is 0 Å². The molecule has 18 heavy (non-hydrogen) atoms. The van der Waals surface area contributed by atoms with Crippen LogP contribution in [0.2, 0.25) is 0 Å². The molecule has 7 heteroatoms. The molecule has 0 bridgehead atoms. The number of aryl methyl sites for hydroxylation is 1. The number of primary amides is 1. The van der Waals surface area contributed by atoms with Crippen LogP contribution in [0.25, 0.3) is 0 Å². The molecular weight excluding hydrogens is 254 g/mol. The number of hydrogen-bond donors (Lipinski definition) is 1. The molecule has 100 valence electrons. The standard InChI is InChI=1S/C11H17N3O3S/c1-14(2)18(16,17)11-8-9(6-7-13-11)4-3-5-10(12)15/h6-8H,3-5H2,1-2H3,(H2,12,15). The first-order valence-electron chi connectivity index (χ1n) is 5.50. The summed E-state index contributed by atoms with van der Waals surface area (Å²) in [6, 6.07) is 3.26. The van der Waals surface area contributed by atoms with Crippen LogP contribution >= 0.6 is 0 Å². The molecule has 0 aliphatic heterocycles. The van der Waals surface area contributed by atoms with E-state index >= 15 is 0 Å². The van der Waals surface area contributed by atoms with Gasteiger partial charge >= 0.3 is 0 Å². The largest absolute Gasteiger partial charge is 0.370 e. The van der Waals surface area contributed by atoms with E-state index in [4.69, 9.17) is 5.73 Å². The fourth-order valence-electron chi connectivity index (χ4n) is 1.40. The first-order chi connectivity index (χ1) is 8.34. The summed E-state index contributed by atoms with van der Waals surface area (Å²) in [6.45, 7) is 0. The number of hydrogen-bond acceptors (Lipinski definition) is 4. The van der Waals surface area contributed by atoms with Gasteiger partial charge in [-0.3, -0.25) is 4.79 Å². The third-order valence-corrected chi connectivity index (χ3v) is 4.15. The van der Waals surface area contributed by atoms with Crippen LogP contribution in [0.15, 0.2) is 23.4 Å². The zero-order chi connectivity index (χ0) is 13.8. The van der Waals surface area contributed by atoms with Crippen molar-refractivity contribution in [2.24, 2.45) is 5.73 Å². The normalized spacial score (nSPS) is 11.7. The summed E-state index contributed by atoms with van der Waals surface area (Å²) in [5.74, 6) is -0.356. The fraction of sp³-hybridized carbons (Fsp3) is 0.455. The molecule has 6 nitrogen and oxygen atoms in total. The van der Waals surface area contributed by atoms with Crippen molar-refractivity contribution in [1.29, 1.82) is 0 Å². The third-order valence-electron chi connectivity index (χ3n) is 2.43. The average molecular weight is 271 g/mol. The van der Waals surface area contributed by atoms with Gasteiger partial charge < -0.3 is 5.73 Å². The van der Waals surface area contributed by atoms with Gasteiger partial charge in [0.1, 0.15) is 0 Å². The van der Waals surface area contributed by atoms with E-state index in [1.807, 2.05) is 0 Å². The zero-order valence-electron chi connectivity index (χ0n) is 10.5. The van der Waals surface area contributed by atoms with Crippen molar-refractivity contribution < 1.29 is 13.2 Å². The van der Waals surface area contributed by atoms with E-state index in [1.54, 1.807) is 6.07 Å². The Morgan fingerprint density at radius 3 is 2.67 bits per heavy atom. The van der Waals surface area contributed by atoms with Gasteiger partial charge in [-0.25, -0.2) is 17.7 Å². The Labute approximate surface area is 107 Å². The molecule has 0 radical (unpaired) electrons. The lowest BCUT2D eigenvalue weighted by atomic mass is 10.1. The number of carbonyl (C=O) groups is 1. The molecule has 0 aromatic carbocycles. The van der Waals surface area contributed by atoms with Crippen LogP contribution in [-0.4, -0.2) is 37.7 Å². The lowest BCUT2D eigenvalue weighted by Gasteiger charge is -2.11. The number of amides is 1. The van der Waals surface area contributed by atoms with Gasteiger partial charge in [0.15, 0.2) is 5.03 Å². The van der Waals surface area contributed by atoms with E-state index < -0.39 is 10.0 Å². The van der Waals surface area contributed by atoms with Crippen LogP contribution < -0.4 is 5.73 Å². The molecule has 1 aromatic heterocycles. The number of nitrogens with two attached hydrogens (primary N) is 1. The maximum absolute atomic E-state index is 11.9. The summed E-state index contributed by atoms with van der Waals surface area (Å²) >= 11 is 0. The Hall–Kier alpha value is -1.47. The number of aromatic nitrogens is 1. The van der Waals surface area contributed by atoms with E-state index in [0.29, 0.717) is 12.8 Å². The quantitative estimate of drug-likeness (QED) is 0.796. The van der Waals surface area contributed by atoms with E-state index in [-0.39, 0.29) is 17.4 Å². The molecule has 1 heterocycles. The minimum absolute atomic E-state index is 0.0177. The number of nitrogens with zero attached hydrogens (tertiary/aromatic N) is 2. The molecule has 0 spiro atoms. The monoisotopic (exact) mass is 271 g/mol. The summed E-state index contributed by atoms with van der Waals surface area (Å²) in [6.07, 6.45) is 2.94. The predicted octanol–water partition coefficient (Wildman–Crippen LogP) is 0.140. The second-order valence-corrected chi connectivity index (χ2v) is 6.21. The van der Waals surface area contributed by atoms with Gasteiger partial charge in [-0.2, -0.15) is 0 Å². The Balaban J connectivity index is 2.83. The molecule has 0 fully saturated rings. The van der Waals surface area contributed by atoms with Crippen molar-refractivity contribution in [1.82, 2.24) is 9.29 Å². The maximum atomic E-state index is 11.9. The van der Waals surface area contributed by atoms with Crippen LogP contribution in [0.3, 0.4) is 0 Å². The predicted molar refractivity (Wildman–Crippen MR) is 67.2 cm³/mol. The summed E-state index contributed by atoms with van der Waals surface area (Å²) < 4.78 is 24.8. The molecule has 1 amide bonds. The number of rotatable bonds is 6. The fourth-order valence-corrected chi connectivity index (χ4v) is 2.27. The van der Waals surface area contributed by atoms with Crippen molar-refractivity contribution in [3.05, 3.63) is 23.9 Å². The smallest absolute Gasteiger partial charge is 0.260 e. The zero-order valence-corrected chi connectivity index (χ0v) is 11.3. The highest BCUT2D eigenvalue weighted by Gasteiger charge is 2.18. The second kappa shape index (κ2) is 5.92. The summed E-state index contributed by atoms with van der Waals surface area (Å²) in [4.78, 5) is 14.5. The first kappa shape index (κ1) is 14.6. The van der Waals surface area contributed by atoms with Crippen molar-refractivity contribution >= 4 is 15.9 Å². The van der Waals surface area contributed by atoms with Gasteiger partial charge in [0, 0.05) is 26.7 Å². The molecule has 0 aliphatic carbocycles. The van der Waals surface area contributed by atoms with Crippen LogP contribution in [-0.2, 0) is 21.2 Å². The van der Waals surface area contributed by atoms with E-state index in [1.165, 1.54) is 26.4 Å². The number of carbonyl (C=O) groups excluding carboxylic acids is 1. The van der Waals surface area contributed by atoms with Crippen molar-refractivity contribution in [3.8, 4) is 0 Å². The Morgan fingerprint density at radius 2 is 2.11 bits per heavy atom. The van der Waals surface area contributed by atoms with Gasteiger partial charge in [0.05, 0.1) is 0 Å². The third kappa shape index (κ3) is 3.78. The lowest BCUT2D eigenvalue weighted by molar-refractivity contribution is -0.118. The van der Waals surface area contributed by atoms with Crippen LogP contribution in [0.1, 0.15) is 18.4 Å². The molecule has 0 saturated carbocycles. The van der Waals surface area contributed by atoms with Crippen LogP contribution in [0.5, 0.6) is 0 Å². The highest BCUT2D eigenvalue weighted by molar-refractivity contribution is 7.89. The van der Waals surface area contributed by atoms with Crippen LogP contribution in [0, 0.1) is 0 Å². The molecule has 0 unspecified atom stereocenters. The molecular formula is C11H17N3O3S. The maximum Gasteiger partial charge on any atom is 0.260 e. The lowest BCUT2D eigenvalue weighted by Crippen LogP contribution is -2.23. The van der Waals surface area contributed by atoms with Crippen molar-refractivity contribution in [3.63, 3.8) is 0 Å². The Kier molecular flexibility index (Phi) is 4.80. The summed E-state index contributed by atoms with van der Waals surface area (Å²) in [7, 11) is -0.600. The molecule has 0 saturated heterocycles. The first-order valence-corrected chi connectivity index (χ1v) is 6.94. The van der Waals surface area contributed by atoms with Crippen molar-refractivity contribution in [2.75, 3.05) is 14.1 Å². The molecule has 1 rings (SSSR count). The Morgan fingerprint density at radius 1 is 1.44 bits per heavy atom. The number of sulfonamides is 1. The van der Waals surface area contributed by atoms with E-state index in [2.05, 4.69) is 4.98 Å². The van der Waals surface area contributed by atoms with Gasteiger partial charge in [0.25, 0.3) is 10.0 Å². The minimum atomic E-state index is -3.51. The highest BCUT2D eigenvalue weighted by Crippen LogP contribution is 2.13. The molecule has 0 aliphatic rings. The van der Waals surface area contributed by atoms with E-state index in [9.17, 15) is 13.2 Å². The van der Waals surface area contributed by atoms with Gasteiger partial charge in [-0.15, -0.1) is 0 Å². The van der Waals surface area contributed by atoms with Gasteiger partial charge in [0.2, 0.25) is 5.91 Å². The topological polar surface area (TPSA) is 93.4 Å². The molecule has 0 atom stereocenters. The second-order valence-electron chi connectivity index (χ2n) is 4.11. The van der Waals surface area contributed by atoms with Gasteiger partial charge in [-0.05, 0) is 30.5 Å². The minimum Gasteiger partial charge on any atom is -0.370 e. The summed E-state index contributed by atoms with van der Waals surface area (Å²) in [5, 5.41) is 0.0177. The number of pyridine rings is 1. The average Bonchev–Trinajstić information content (AvgIpc) is 2.28. The molecule has 1 aromatic rings. The summed E-state index contributed by atoms with van der Waals surface area (Å²) in [5.41, 5.74) is 5.87. The van der Waals surface area contributed by atoms with E-state index in [0.717, 1.165) is 9.87 Å². The molecule has 2 N–H and O–H groups in total. The van der Waals surface area contributed by atoms with Crippen molar-refractivity contribution in [2.45, 2.75) is 24.3 Å². The van der Waals surface area contributed by atoms with Crippen LogP contribution in [0.4, 0.5) is 0 Å². The Bertz CT molecular complexity index is 526.